The van der Waals surface area contributed by atoms with Crippen LogP contribution in [0.2, 0.25) is 0 Å². The fourth-order valence-electron chi connectivity index (χ4n) is 1.93. The fraction of sp³-hybridized carbons (Fsp3) is 0.643. The molecule has 0 aliphatic rings. The molecule has 1 N–H and O–H groups in total. The van der Waals surface area contributed by atoms with Crippen molar-refractivity contribution < 1.29 is 0 Å². The van der Waals surface area contributed by atoms with E-state index in [9.17, 15) is 0 Å². The lowest BCUT2D eigenvalue weighted by molar-refractivity contribution is 0.435. The van der Waals surface area contributed by atoms with Crippen LogP contribution in [-0.4, -0.2) is 6.04 Å². The molecule has 0 aliphatic carbocycles. The van der Waals surface area contributed by atoms with Crippen molar-refractivity contribution in [2.75, 3.05) is 0 Å². The molecule has 1 unspecified atom stereocenters. The molecule has 1 aromatic heterocycles. The van der Waals surface area contributed by atoms with Crippen LogP contribution in [0.3, 0.4) is 0 Å². The van der Waals surface area contributed by atoms with E-state index in [2.05, 4.69) is 31.3 Å². The molecule has 1 aromatic rings. The van der Waals surface area contributed by atoms with Crippen molar-refractivity contribution >= 4 is 11.3 Å². The molecule has 0 bridgehead atoms. The molecule has 2 nitrogen and oxygen atoms in total. The summed E-state index contributed by atoms with van der Waals surface area (Å²) in [6, 6.07) is 6.78. The van der Waals surface area contributed by atoms with Crippen LogP contribution in [0.25, 0.3) is 0 Å². The quantitative estimate of drug-likeness (QED) is 0.755. The number of nitrogens with one attached hydrogen (secondary N) is 1. The van der Waals surface area contributed by atoms with Crippen LogP contribution in [0.15, 0.2) is 12.1 Å². The van der Waals surface area contributed by atoms with Gasteiger partial charge in [-0.2, -0.15) is 5.26 Å². The zero-order valence-corrected chi connectivity index (χ0v) is 11.6. The molecule has 0 saturated heterocycles. The number of unbranched alkanes of at least 4 members (excludes halogenated alkanes) is 1. The van der Waals surface area contributed by atoms with Gasteiger partial charge in [-0.05, 0) is 25.0 Å². The second-order valence-electron chi connectivity index (χ2n) is 4.39. The van der Waals surface area contributed by atoms with Crippen LogP contribution in [0.4, 0.5) is 0 Å². The number of thiophene rings is 1. The lowest BCUT2D eigenvalue weighted by Gasteiger charge is -2.17. The van der Waals surface area contributed by atoms with Crippen molar-refractivity contribution in [3.8, 4) is 6.07 Å². The van der Waals surface area contributed by atoms with Gasteiger partial charge in [0.15, 0.2) is 0 Å². The predicted molar refractivity (Wildman–Crippen MR) is 74.1 cm³/mol. The highest BCUT2D eigenvalue weighted by atomic mass is 32.1. The molecule has 0 aliphatic heterocycles. The van der Waals surface area contributed by atoms with Crippen molar-refractivity contribution in [3.05, 3.63) is 21.9 Å². The Morgan fingerprint density at radius 2 is 2.12 bits per heavy atom. The minimum atomic E-state index is 0.632. The van der Waals surface area contributed by atoms with Gasteiger partial charge >= 0.3 is 0 Å². The highest BCUT2D eigenvalue weighted by Gasteiger charge is 2.07. The van der Waals surface area contributed by atoms with Gasteiger partial charge in [0, 0.05) is 17.5 Å². The summed E-state index contributed by atoms with van der Waals surface area (Å²) in [6.07, 6.45) is 6.30. The van der Waals surface area contributed by atoms with E-state index in [1.165, 1.54) is 37.0 Å². The third-order valence-corrected chi connectivity index (χ3v) is 3.87. The van der Waals surface area contributed by atoms with Crippen molar-refractivity contribution in [3.63, 3.8) is 0 Å². The Morgan fingerprint density at radius 3 is 2.71 bits per heavy atom. The lowest BCUT2D eigenvalue weighted by Crippen LogP contribution is -2.28. The Balaban J connectivity index is 2.37. The Kier molecular flexibility index (Phi) is 6.91. The smallest absolute Gasteiger partial charge is 0.110 e. The van der Waals surface area contributed by atoms with Gasteiger partial charge in [0.1, 0.15) is 10.9 Å². The van der Waals surface area contributed by atoms with E-state index in [1.54, 1.807) is 11.3 Å². The first-order chi connectivity index (χ1) is 8.30. The van der Waals surface area contributed by atoms with Gasteiger partial charge in [0.25, 0.3) is 0 Å². The van der Waals surface area contributed by atoms with E-state index in [0.29, 0.717) is 6.04 Å². The summed E-state index contributed by atoms with van der Waals surface area (Å²) in [6.45, 7) is 5.38. The van der Waals surface area contributed by atoms with Gasteiger partial charge in [-0.1, -0.05) is 33.1 Å². The van der Waals surface area contributed by atoms with Gasteiger partial charge in [0.2, 0.25) is 0 Å². The summed E-state index contributed by atoms with van der Waals surface area (Å²) in [5.74, 6) is 0. The number of rotatable bonds is 8. The average molecular weight is 250 g/mol. The van der Waals surface area contributed by atoms with Gasteiger partial charge in [-0.3, -0.25) is 0 Å². The second kappa shape index (κ2) is 8.27. The van der Waals surface area contributed by atoms with Gasteiger partial charge in [0.05, 0.1) is 0 Å². The van der Waals surface area contributed by atoms with Crippen molar-refractivity contribution in [2.45, 2.75) is 58.5 Å². The summed E-state index contributed by atoms with van der Waals surface area (Å²) in [7, 11) is 0. The standard InChI is InChI=1S/C14H22N2S/c1-3-5-7-12(6-4-2)16-11-14-9-8-13(10-15)17-14/h8-9,12,16H,3-7,11H2,1-2H3. The average Bonchev–Trinajstić information content (AvgIpc) is 2.80. The Labute approximate surface area is 109 Å². The number of hydrogen-bond donors (Lipinski definition) is 1. The molecule has 1 atom stereocenters. The first-order valence-electron chi connectivity index (χ1n) is 6.52. The van der Waals surface area contributed by atoms with Crippen LogP contribution >= 0.6 is 11.3 Å². The molecule has 17 heavy (non-hydrogen) atoms. The molecule has 0 aromatic carbocycles. The van der Waals surface area contributed by atoms with E-state index in [-0.39, 0.29) is 0 Å². The molecule has 0 fully saturated rings. The maximum atomic E-state index is 8.77. The lowest BCUT2D eigenvalue weighted by atomic mass is 10.1. The van der Waals surface area contributed by atoms with Crippen molar-refractivity contribution in [1.29, 1.82) is 5.26 Å². The van der Waals surface area contributed by atoms with Crippen LogP contribution in [0, 0.1) is 11.3 Å². The topological polar surface area (TPSA) is 35.8 Å². The molecular formula is C14H22N2S. The molecule has 1 heterocycles. The summed E-state index contributed by atoms with van der Waals surface area (Å²) < 4.78 is 0. The zero-order valence-electron chi connectivity index (χ0n) is 10.8. The van der Waals surface area contributed by atoms with Crippen LogP contribution in [0.1, 0.15) is 55.7 Å². The molecule has 1 rings (SSSR count). The normalized spacial score (nSPS) is 12.3. The Bertz CT molecular complexity index is 351. The minimum Gasteiger partial charge on any atom is -0.309 e. The number of nitrogens with zero attached hydrogens (tertiary/aromatic N) is 1. The van der Waals surface area contributed by atoms with Gasteiger partial charge in [-0.15, -0.1) is 11.3 Å². The third-order valence-electron chi connectivity index (χ3n) is 2.88. The van der Waals surface area contributed by atoms with E-state index in [1.807, 2.05) is 6.07 Å². The van der Waals surface area contributed by atoms with Crippen LogP contribution in [-0.2, 0) is 6.54 Å². The van der Waals surface area contributed by atoms with E-state index in [4.69, 9.17) is 5.26 Å². The van der Waals surface area contributed by atoms with Crippen molar-refractivity contribution in [1.82, 2.24) is 5.32 Å². The monoisotopic (exact) mass is 250 g/mol. The molecule has 94 valence electrons. The summed E-state index contributed by atoms with van der Waals surface area (Å²) in [5.41, 5.74) is 0. The van der Waals surface area contributed by atoms with Gasteiger partial charge < -0.3 is 5.32 Å². The molecule has 3 heteroatoms. The molecule has 0 amide bonds. The molecule has 0 radical (unpaired) electrons. The predicted octanol–water partition coefficient (Wildman–Crippen LogP) is 4.07. The SMILES string of the molecule is CCCCC(CCC)NCc1ccc(C#N)s1. The number of nitriles is 1. The number of hydrogen-bond acceptors (Lipinski definition) is 3. The van der Waals surface area contributed by atoms with Crippen molar-refractivity contribution in [2.24, 2.45) is 0 Å². The largest absolute Gasteiger partial charge is 0.309 e. The fourth-order valence-corrected chi connectivity index (χ4v) is 2.68. The first kappa shape index (κ1) is 14.2. The highest BCUT2D eigenvalue weighted by molar-refractivity contribution is 7.12. The van der Waals surface area contributed by atoms with Crippen LogP contribution in [0.5, 0.6) is 0 Å². The second-order valence-corrected chi connectivity index (χ2v) is 5.55. The van der Waals surface area contributed by atoms with E-state index >= 15 is 0 Å². The first-order valence-corrected chi connectivity index (χ1v) is 7.34. The Morgan fingerprint density at radius 1 is 1.29 bits per heavy atom. The molecule has 0 saturated carbocycles. The Hall–Kier alpha value is -0.850. The maximum Gasteiger partial charge on any atom is 0.110 e. The summed E-state index contributed by atoms with van der Waals surface area (Å²) in [4.78, 5) is 2.07. The molecule has 0 spiro atoms. The summed E-state index contributed by atoms with van der Waals surface area (Å²) >= 11 is 1.59. The van der Waals surface area contributed by atoms with E-state index in [0.717, 1.165) is 11.4 Å². The summed E-state index contributed by atoms with van der Waals surface area (Å²) in [5, 5.41) is 12.4. The van der Waals surface area contributed by atoms with Crippen LogP contribution < -0.4 is 5.32 Å². The minimum absolute atomic E-state index is 0.632. The van der Waals surface area contributed by atoms with E-state index < -0.39 is 0 Å². The zero-order chi connectivity index (χ0) is 12.5. The highest BCUT2D eigenvalue weighted by Crippen LogP contribution is 2.16. The van der Waals surface area contributed by atoms with Gasteiger partial charge in [-0.25, -0.2) is 0 Å². The molecular weight excluding hydrogens is 228 g/mol. The maximum absolute atomic E-state index is 8.77. The third kappa shape index (κ3) is 5.34.